The minimum Gasteiger partial charge on any atom is -0.493 e. The third-order valence-electron chi connectivity index (χ3n) is 7.17. The number of H-pyrrole nitrogens is 1. The van der Waals surface area contributed by atoms with Crippen molar-refractivity contribution >= 4 is 21.1 Å². The minimum absolute atomic E-state index is 0.104. The van der Waals surface area contributed by atoms with Crippen LogP contribution in [0.15, 0.2) is 27.9 Å². The van der Waals surface area contributed by atoms with Crippen LogP contribution < -0.4 is 10.3 Å². The lowest BCUT2D eigenvalue weighted by Gasteiger charge is -2.31. The van der Waals surface area contributed by atoms with Gasteiger partial charge in [-0.1, -0.05) is 13.3 Å². The topological polar surface area (TPSA) is 138 Å². The van der Waals surface area contributed by atoms with Gasteiger partial charge in [-0.3, -0.25) is 4.79 Å². The largest absolute Gasteiger partial charge is 0.493 e. The van der Waals surface area contributed by atoms with Crippen LogP contribution in [0, 0.1) is 5.92 Å². The number of aliphatic hydroxyl groups is 2. The molecule has 0 radical (unpaired) electrons. The number of piperidine rings is 1. The molecule has 202 valence electrons. The van der Waals surface area contributed by atoms with Gasteiger partial charge in [0.2, 0.25) is 10.0 Å². The smallest absolute Gasteiger partial charge is 0.275 e. The fourth-order valence-electron chi connectivity index (χ4n) is 5.21. The third-order valence-corrected chi connectivity index (χ3v) is 9.07. The Morgan fingerprint density at radius 3 is 2.54 bits per heavy atom. The van der Waals surface area contributed by atoms with Crippen molar-refractivity contribution in [3.63, 3.8) is 0 Å². The molecular formula is C26H36N4O6S. The average Bonchev–Trinajstić information content (AvgIpc) is 3.16. The SMILES string of the molecule is CCCc1c(CO)n(C)c2c(=O)[nH]c(-c3cc(S(=O)(=O)N4CCC(CCO)CC4)ccc3OCC)nc12. The summed E-state index contributed by atoms with van der Waals surface area (Å²) in [5.41, 5.74) is 2.31. The standard InChI is InChI=1S/C26H36N4O6S/c1-4-6-19-21(16-32)29(3)24-23(19)27-25(28-26(24)33)20-15-18(7-8-22(20)36-5-2)37(34,35)30-12-9-17(10-13-30)11-14-31/h7-8,15,17,31-32H,4-6,9-14,16H2,1-3H3,(H,27,28,33). The van der Waals surface area contributed by atoms with Gasteiger partial charge in [0.15, 0.2) is 0 Å². The van der Waals surface area contributed by atoms with Crippen molar-refractivity contribution in [1.29, 1.82) is 0 Å². The van der Waals surface area contributed by atoms with Gasteiger partial charge in [-0.2, -0.15) is 4.31 Å². The Hall–Kier alpha value is -2.73. The highest BCUT2D eigenvalue weighted by Crippen LogP contribution is 2.34. The lowest BCUT2D eigenvalue weighted by molar-refractivity contribution is 0.208. The van der Waals surface area contributed by atoms with Crippen LogP contribution in [0.5, 0.6) is 5.75 Å². The molecule has 4 rings (SSSR count). The molecule has 0 unspecified atom stereocenters. The molecule has 0 bridgehead atoms. The Kier molecular flexibility index (Phi) is 8.37. The van der Waals surface area contributed by atoms with E-state index < -0.39 is 10.0 Å². The van der Waals surface area contributed by atoms with E-state index in [9.17, 15) is 23.4 Å². The maximum Gasteiger partial charge on any atom is 0.275 e. The number of aromatic nitrogens is 3. The first-order valence-electron chi connectivity index (χ1n) is 12.9. The quantitative estimate of drug-likeness (QED) is 0.365. The van der Waals surface area contributed by atoms with Crippen molar-refractivity contribution < 1.29 is 23.4 Å². The number of benzene rings is 1. The molecule has 1 aliphatic rings. The van der Waals surface area contributed by atoms with E-state index in [0.717, 1.165) is 12.0 Å². The monoisotopic (exact) mass is 532 g/mol. The zero-order chi connectivity index (χ0) is 26.7. The molecular weight excluding hydrogens is 496 g/mol. The normalized spacial score (nSPS) is 15.5. The van der Waals surface area contributed by atoms with Crippen LogP contribution >= 0.6 is 0 Å². The molecule has 2 aromatic heterocycles. The van der Waals surface area contributed by atoms with E-state index in [1.165, 1.54) is 16.4 Å². The second kappa shape index (κ2) is 11.3. The minimum atomic E-state index is -3.78. The second-order valence-corrected chi connectivity index (χ2v) is 11.4. The number of nitrogens with zero attached hydrogens (tertiary/aromatic N) is 3. The molecule has 37 heavy (non-hydrogen) atoms. The fourth-order valence-corrected chi connectivity index (χ4v) is 6.71. The summed E-state index contributed by atoms with van der Waals surface area (Å²) < 4.78 is 36.0. The van der Waals surface area contributed by atoms with Crippen molar-refractivity contribution in [3.8, 4) is 17.1 Å². The summed E-state index contributed by atoms with van der Waals surface area (Å²) in [6.45, 7) is 4.87. The molecule has 0 aliphatic carbocycles. The Morgan fingerprint density at radius 2 is 1.92 bits per heavy atom. The molecule has 1 fully saturated rings. The molecule has 0 saturated carbocycles. The van der Waals surface area contributed by atoms with E-state index in [2.05, 4.69) is 4.98 Å². The predicted octanol–water partition coefficient (Wildman–Crippen LogP) is 2.56. The summed E-state index contributed by atoms with van der Waals surface area (Å²) in [4.78, 5) is 20.9. The molecule has 3 heterocycles. The highest BCUT2D eigenvalue weighted by molar-refractivity contribution is 7.89. The van der Waals surface area contributed by atoms with Gasteiger partial charge in [-0.25, -0.2) is 13.4 Å². The molecule has 3 N–H and O–H groups in total. The van der Waals surface area contributed by atoms with Crippen LogP contribution in [-0.4, -0.2) is 63.8 Å². The number of hydrogen-bond donors (Lipinski definition) is 3. The van der Waals surface area contributed by atoms with E-state index in [4.69, 9.17) is 9.72 Å². The van der Waals surface area contributed by atoms with Gasteiger partial charge in [0, 0.05) is 38.0 Å². The van der Waals surface area contributed by atoms with E-state index in [-0.39, 0.29) is 29.5 Å². The number of nitrogens with one attached hydrogen (secondary N) is 1. The Balaban J connectivity index is 1.82. The summed E-state index contributed by atoms with van der Waals surface area (Å²) in [5.74, 6) is 0.952. The van der Waals surface area contributed by atoms with Crippen molar-refractivity contribution in [1.82, 2.24) is 18.8 Å². The number of aliphatic hydroxyl groups excluding tert-OH is 2. The van der Waals surface area contributed by atoms with Gasteiger partial charge >= 0.3 is 0 Å². The maximum atomic E-state index is 13.5. The summed E-state index contributed by atoms with van der Waals surface area (Å²) >= 11 is 0. The Bertz CT molecular complexity index is 1420. The number of hydrogen-bond acceptors (Lipinski definition) is 7. The first-order chi connectivity index (χ1) is 17.8. The van der Waals surface area contributed by atoms with E-state index in [0.29, 0.717) is 79.3 Å². The van der Waals surface area contributed by atoms with Gasteiger partial charge in [0.25, 0.3) is 5.56 Å². The predicted molar refractivity (Wildman–Crippen MR) is 141 cm³/mol. The number of ether oxygens (including phenoxy) is 1. The van der Waals surface area contributed by atoms with Crippen molar-refractivity contribution in [2.75, 3.05) is 26.3 Å². The van der Waals surface area contributed by atoms with Crippen molar-refractivity contribution in [2.24, 2.45) is 13.0 Å². The lowest BCUT2D eigenvalue weighted by Crippen LogP contribution is -2.38. The van der Waals surface area contributed by atoms with E-state index in [1.54, 1.807) is 17.7 Å². The zero-order valence-corrected chi connectivity index (χ0v) is 22.5. The van der Waals surface area contributed by atoms with Crippen molar-refractivity contribution in [2.45, 2.75) is 57.5 Å². The third kappa shape index (κ3) is 5.18. The maximum absolute atomic E-state index is 13.5. The lowest BCUT2D eigenvalue weighted by atomic mass is 9.95. The van der Waals surface area contributed by atoms with Crippen LogP contribution in [0.1, 0.15) is 50.8 Å². The molecule has 0 spiro atoms. The van der Waals surface area contributed by atoms with E-state index in [1.807, 2.05) is 13.8 Å². The number of fused-ring (bicyclic) bond motifs is 1. The van der Waals surface area contributed by atoms with E-state index >= 15 is 0 Å². The number of aryl methyl sites for hydroxylation is 2. The molecule has 1 aliphatic heterocycles. The van der Waals surface area contributed by atoms with Crippen LogP contribution in [-0.2, 0) is 30.1 Å². The first kappa shape index (κ1) is 27.3. The van der Waals surface area contributed by atoms with Crippen molar-refractivity contribution in [3.05, 3.63) is 39.8 Å². The van der Waals surface area contributed by atoms with Gasteiger partial charge in [-0.05, 0) is 56.7 Å². The highest BCUT2D eigenvalue weighted by Gasteiger charge is 2.30. The molecule has 1 saturated heterocycles. The molecule has 0 atom stereocenters. The molecule has 11 heteroatoms. The summed E-state index contributed by atoms with van der Waals surface area (Å²) in [6.07, 6.45) is 3.54. The second-order valence-electron chi connectivity index (χ2n) is 9.45. The molecule has 3 aromatic rings. The average molecular weight is 533 g/mol. The summed E-state index contributed by atoms with van der Waals surface area (Å²) in [6, 6.07) is 4.64. The number of sulfonamides is 1. The Morgan fingerprint density at radius 1 is 1.19 bits per heavy atom. The van der Waals surface area contributed by atoms with Gasteiger partial charge in [-0.15, -0.1) is 0 Å². The Labute approximate surface area is 217 Å². The van der Waals surface area contributed by atoms with Crippen LogP contribution in [0.4, 0.5) is 0 Å². The van der Waals surface area contributed by atoms with Gasteiger partial charge in [0.1, 0.15) is 17.1 Å². The zero-order valence-electron chi connectivity index (χ0n) is 21.7. The first-order valence-corrected chi connectivity index (χ1v) is 14.3. The van der Waals surface area contributed by atoms with Crippen LogP contribution in [0.25, 0.3) is 22.4 Å². The molecule has 0 amide bonds. The summed E-state index contributed by atoms with van der Waals surface area (Å²) in [7, 11) is -2.05. The van der Waals surface area contributed by atoms with Gasteiger partial charge < -0.3 is 24.5 Å². The fraction of sp³-hybridized carbons (Fsp3) is 0.538. The highest BCUT2D eigenvalue weighted by atomic mass is 32.2. The van der Waals surface area contributed by atoms with Crippen LogP contribution in [0.2, 0.25) is 0 Å². The molecule has 1 aromatic carbocycles. The van der Waals surface area contributed by atoms with Gasteiger partial charge in [0.05, 0.1) is 29.2 Å². The summed E-state index contributed by atoms with van der Waals surface area (Å²) in [5, 5.41) is 19.2. The number of aromatic amines is 1. The number of rotatable bonds is 10. The van der Waals surface area contributed by atoms with Crippen LogP contribution in [0.3, 0.4) is 0 Å². The molecule has 10 nitrogen and oxygen atoms in total.